The second kappa shape index (κ2) is 4.93. The summed E-state index contributed by atoms with van der Waals surface area (Å²) < 4.78 is 0. The van der Waals surface area contributed by atoms with E-state index in [1.165, 1.54) is 18.1 Å². The lowest BCUT2D eigenvalue weighted by Gasteiger charge is -2.06. The Morgan fingerprint density at radius 3 is 2.82 bits per heavy atom. The first-order valence-corrected chi connectivity index (χ1v) is 5.84. The highest BCUT2D eigenvalue weighted by Crippen LogP contribution is 2.29. The normalized spacial score (nSPS) is 9.94. The van der Waals surface area contributed by atoms with Gasteiger partial charge in [-0.05, 0) is 26.0 Å². The molecule has 0 aromatic carbocycles. The van der Waals surface area contributed by atoms with Gasteiger partial charge in [-0.15, -0.1) is 0 Å². The van der Waals surface area contributed by atoms with E-state index in [2.05, 4.69) is 21.0 Å². The van der Waals surface area contributed by atoms with Gasteiger partial charge in [-0.3, -0.25) is 4.98 Å². The van der Waals surface area contributed by atoms with Crippen molar-refractivity contribution in [1.82, 2.24) is 15.0 Å². The molecule has 0 spiro atoms. The molecule has 0 radical (unpaired) electrons. The average molecular weight is 242 g/mol. The van der Waals surface area contributed by atoms with Crippen LogP contribution in [-0.4, -0.2) is 15.0 Å². The molecule has 2 heterocycles. The zero-order valence-corrected chi connectivity index (χ0v) is 10.3. The van der Waals surface area contributed by atoms with Gasteiger partial charge in [0.05, 0.1) is 11.3 Å². The summed E-state index contributed by atoms with van der Waals surface area (Å²) in [4.78, 5) is 13.2. The van der Waals surface area contributed by atoms with Crippen LogP contribution in [0.5, 0.6) is 0 Å². The fourth-order valence-corrected chi connectivity index (χ4v) is 2.44. The fourth-order valence-electron chi connectivity index (χ4n) is 1.46. The van der Waals surface area contributed by atoms with Gasteiger partial charge in [-0.2, -0.15) is 5.26 Å². The third kappa shape index (κ3) is 2.60. The van der Waals surface area contributed by atoms with Crippen molar-refractivity contribution in [3.8, 4) is 6.07 Å². The fraction of sp³-hybridized carbons (Fsp3) is 0.167. The summed E-state index contributed by atoms with van der Waals surface area (Å²) in [5.74, 6) is 0. The van der Waals surface area contributed by atoms with E-state index in [4.69, 9.17) is 5.26 Å². The highest BCUT2D eigenvalue weighted by molar-refractivity contribution is 7.99. The molecular formula is C12H10N4S. The van der Waals surface area contributed by atoms with Gasteiger partial charge in [0, 0.05) is 16.8 Å². The predicted octanol–water partition coefficient (Wildman–Crippen LogP) is 2.51. The minimum atomic E-state index is 0.610. The molecule has 0 bridgehead atoms. The Morgan fingerprint density at radius 2 is 2.18 bits per heavy atom. The zero-order chi connectivity index (χ0) is 12.3. The summed E-state index contributed by atoms with van der Waals surface area (Å²) in [7, 11) is 0. The standard InChI is InChI=1S/C12H10N4S/c1-8-5-11(10(6-13)9(2)16-8)17-12-3-4-14-7-15-12/h3-5,7H,1-2H3. The molecule has 2 rings (SSSR count). The van der Waals surface area contributed by atoms with Crippen molar-refractivity contribution in [3.05, 3.63) is 41.6 Å². The molecule has 0 N–H and O–H groups in total. The van der Waals surface area contributed by atoms with Gasteiger partial charge in [0.1, 0.15) is 17.4 Å². The number of aromatic nitrogens is 3. The van der Waals surface area contributed by atoms with Gasteiger partial charge in [-0.25, -0.2) is 9.97 Å². The Hall–Kier alpha value is -1.93. The van der Waals surface area contributed by atoms with Crippen molar-refractivity contribution >= 4 is 11.8 Å². The van der Waals surface area contributed by atoms with E-state index in [1.807, 2.05) is 26.0 Å². The smallest absolute Gasteiger partial charge is 0.116 e. The highest BCUT2D eigenvalue weighted by Gasteiger charge is 2.09. The number of nitrogens with zero attached hydrogens (tertiary/aromatic N) is 4. The lowest BCUT2D eigenvalue weighted by Crippen LogP contribution is -1.94. The number of nitriles is 1. The van der Waals surface area contributed by atoms with Gasteiger partial charge in [0.25, 0.3) is 0 Å². The van der Waals surface area contributed by atoms with Crippen LogP contribution in [-0.2, 0) is 0 Å². The number of hydrogen-bond donors (Lipinski definition) is 0. The van der Waals surface area contributed by atoms with Crippen LogP contribution in [0, 0.1) is 25.2 Å². The molecule has 0 aliphatic carbocycles. The first-order chi connectivity index (χ1) is 8.20. The van der Waals surface area contributed by atoms with Crippen LogP contribution < -0.4 is 0 Å². The van der Waals surface area contributed by atoms with Crippen molar-refractivity contribution in [2.24, 2.45) is 0 Å². The van der Waals surface area contributed by atoms with Gasteiger partial charge >= 0.3 is 0 Å². The number of aryl methyl sites for hydroxylation is 2. The molecule has 2 aromatic rings. The van der Waals surface area contributed by atoms with Crippen molar-refractivity contribution in [1.29, 1.82) is 5.26 Å². The van der Waals surface area contributed by atoms with Gasteiger partial charge in [0.15, 0.2) is 0 Å². The Labute approximate surface area is 104 Å². The van der Waals surface area contributed by atoms with Crippen molar-refractivity contribution in [3.63, 3.8) is 0 Å². The largest absolute Gasteiger partial charge is 0.257 e. The summed E-state index contributed by atoms with van der Waals surface area (Å²) in [5.41, 5.74) is 2.27. The molecule has 0 aliphatic rings. The molecule has 84 valence electrons. The summed E-state index contributed by atoms with van der Waals surface area (Å²) in [6, 6.07) is 5.90. The maximum atomic E-state index is 9.13. The molecule has 4 nitrogen and oxygen atoms in total. The Kier molecular flexibility index (Phi) is 3.35. The molecule has 5 heteroatoms. The van der Waals surface area contributed by atoms with Crippen LogP contribution >= 0.6 is 11.8 Å². The number of rotatable bonds is 2. The molecule has 0 aliphatic heterocycles. The van der Waals surface area contributed by atoms with E-state index in [1.54, 1.807) is 6.20 Å². The van der Waals surface area contributed by atoms with Gasteiger partial charge in [-0.1, -0.05) is 11.8 Å². The average Bonchev–Trinajstić information content (AvgIpc) is 2.30. The van der Waals surface area contributed by atoms with E-state index >= 15 is 0 Å². The van der Waals surface area contributed by atoms with Crippen LogP contribution in [0.3, 0.4) is 0 Å². The summed E-state index contributed by atoms with van der Waals surface area (Å²) in [6.07, 6.45) is 3.18. The predicted molar refractivity (Wildman–Crippen MR) is 64.6 cm³/mol. The van der Waals surface area contributed by atoms with Crippen LogP contribution in [0.25, 0.3) is 0 Å². The minimum absolute atomic E-state index is 0.610. The van der Waals surface area contributed by atoms with Crippen molar-refractivity contribution in [2.45, 2.75) is 23.8 Å². The highest BCUT2D eigenvalue weighted by atomic mass is 32.2. The molecule has 0 amide bonds. The first-order valence-electron chi connectivity index (χ1n) is 5.03. The maximum Gasteiger partial charge on any atom is 0.116 e. The monoisotopic (exact) mass is 242 g/mol. The van der Waals surface area contributed by atoms with E-state index in [9.17, 15) is 0 Å². The van der Waals surface area contributed by atoms with Crippen molar-refractivity contribution < 1.29 is 0 Å². The van der Waals surface area contributed by atoms with E-state index in [-0.39, 0.29) is 0 Å². The van der Waals surface area contributed by atoms with Gasteiger partial charge in [0.2, 0.25) is 0 Å². The van der Waals surface area contributed by atoms with Crippen molar-refractivity contribution in [2.75, 3.05) is 0 Å². The summed E-state index contributed by atoms with van der Waals surface area (Å²) >= 11 is 1.45. The van der Waals surface area contributed by atoms with E-state index < -0.39 is 0 Å². The Bertz CT molecular complexity index is 575. The summed E-state index contributed by atoms with van der Waals surface area (Å²) in [5, 5.41) is 9.95. The van der Waals surface area contributed by atoms with Gasteiger partial charge < -0.3 is 0 Å². The molecule has 0 saturated heterocycles. The lowest BCUT2D eigenvalue weighted by atomic mass is 10.2. The Morgan fingerprint density at radius 1 is 1.35 bits per heavy atom. The quantitative estimate of drug-likeness (QED) is 0.757. The first kappa shape index (κ1) is 11.6. The molecule has 0 unspecified atom stereocenters. The lowest BCUT2D eigenvalue weighted by molar-refractivity contribution is 1.04. The second-order valence-electron chi connectivity index (χ2n) is 3.48. The number of pyridine rings is 1. The van der Waals surface area contributed by atoms with Crippen LogP contribution in [0.1, 0.15) is 17.0 Å². The molecule has 2 aromatic heterocycles. The summed E-state index contributed by atoms with van der Waals surface area (Å²) in [6.45, 7) is 3.76. The van der Waals surface area contributed by atoms with E-state index in [0.29, 0.717) is 5.56 Å². The third-order valence-corrected chi connectivity index (χ3v) is 3.17. The zero-order valence-electron chi connectivity index (χ0n) is 9.51. The maximum absolute atomic E-state index is 9.13. The molecule has 0 saturated carbocycles. The van der Waals surface area contributed by atoms with Crippen LogP contribution in [0.15, 0.2) is 34.6 Å². The Balaban J connectivity index is 2.43. The molecule has 0 fully saturated rings. The second-order valence-corrected chi connectivity index (χ2v) is 4.55. The molecule has 0 atom stereocenters. The van der Waals surface area contributed by atoms with Crippen LogP contribution in [0.4, 0.5) is 0 Å². The topological polar surface area (TPSA) is 62.5 Å². The van der Waals surface area contributed by atoms with E-state index in [0.717, 1.165) is 21.3 Å². The number of hydrogen-bond acceptors (Lipinski definition) is 5. The molecule has 17 heavy (non-hydrogen) atoms. The minimum Gasteiger partial charge on any atom is -0.257 e. The third-order valence-electron chi connectivity index (χ3n) is 2.17. The van der Waals surface area contributed by atoms with Crippen LogP contribution in [0.2, 0.25) is 0 Å². The molecular weight excluding hydrogens is 232 g/mol. The SMILES string of the molecule is Cc1cc(Sc2ccncn2)c(C#N)c(C)n1.